The molecule has 1 aromatic carbocycles. The van der Waals surface area contributed by atoms with Crippen molar-refractivity contribution >= 4 is 11.8 Å². The number of hydrogen-bond acceptors (Lipinski definition) is 2. The van der Waals surface area contributed by atoms with Gasteiger partial charge in [0.05, 0.1) is 12.3 Å². The van der Waals surface area contributed by atoms with Crippen molar-refractivity contribution < 1.29 is 5.06 Å². The molecule has 0 heterocycles. The number of thioether (sulfide) groups is 1. The summed E-state index contributed by atoms with van der Waals surface area (Å²) in [5, 5.41) is 11.9. The van der Waals surface area contributed by atoms with Crippen LogP contribution in [0.2, 0.25) is 0 Å². The molecule has 0 aliphatic rings. The summed E-state index contributed by atoms with van der Waals surface area (Å²) in [4.78, 5) is 1.22. The van der Waals surface area contributed by atoms with Crippen molar-refractivity contribution in [3.05, 3.63) is 47.3 Å². The van der Waals surface area contributed by atoms with Crippen LogP contribution in [0.3, 0.4) is 0 Å². The zero-order valence-electron chi connectivity index (χ0n) is 9.90. The van der Waals surface area contributed by atoms with E-state index in [0.29, 0.717) is 6.54 Å². The second-order valence-electron chi connectivity index (χ2n) is 3.52. The van der Waals surface area contributed by atoms with Crippen LogP contribution in [-0.2, 0) is 0 Å². The number of rotatable bonds is 6. The van der Waals surface area contributed by atoms with Crippen LogP contribution in [-0.4, -0.2) is 12.3 Å². The number of allylic oxidation sites excluding steroid dienone is 1. The van der Waals surface area contributed by atoms with Gasteiger partial charge in [-0.05, 0) is 31.6 Å². The van der Waals surface area contributed by atoms with Gasteiger partial charge in [-0.1, -0.05) is 25.1 Å². The first kappa shape index (κ1) is 13.3. The summed E-state index contributed by atoms with van der Waals surface area (Å²) >= 11 is 1.72. The SMILES string of the molecule is CCC=C(CSc1ccccc1)[NH+]([O-])CC. The van der Waals surface area contributed by atoms with E-state index in [9.17, 15) is 5.21 Å². The summed E-state index contributed by atoms with van der Waals surface area (Å²) in [5.74, 6) is 0.782. The number of nitrogens with one attached hydrogen (secondary N) is 1. The van der Waals surface area contributed by atoms with Crippen molar-refractivity contribution in [2.75, 3.05) is 12.3 Å². The van der Waals surface area contributed by atoms with Gasteiger partial charge in [-0.3, -0.25) is 0 Å². The Hall–Kier alpha value is -0.770. The number of benzene rings is 1. The van der Waals surface area contributed by atoms with E-state index in [2.05, 4.69) is 19.1 Å². The molecular formula is C13H19NOS. The second kappa shape index (κ2) is 7.49. The maximum atomic E-state index is 11.6. The van der Waals surface area contributed by atoms with E-state index in [-0.39, 0.29) is 5.06 Å². The molecule has 0 saturated heterocycles. The van der Waals surface area contributed by atoms with Gasteiger partial charge in [0.25, 0.3) is 0 Å². The molecule has 0 spiro atoms. The van der Waals surface area contributed by atoms with Crippen molar-refractivity contribution in [1.82, 2.24) is 0 Å². The van der Waals surface area contributed by atoms with Gasteiger partial charge in [0.15, 0.2) is 0 Å². The van der Waals surface area contributed by atoms with Gasteiger partial charge in [-0.25, -0.2) is 0 Å². The minimum atomic E-state index is 0.269. The molecule has 2 nitrogen and oxygen atoms in total. The largest absolute Gasteiger partial charge is 0.629 e. The summed E-state index contributed by atoms with van der Waals surface area (Å²) in [6.45, 7) is 4.58. The van der Waals surface area contributed by atoms with Crippen molar-refractivity contribution in [3.63, 3.8) is 0 Å². The van der Waals surface area contributed by atoms with Crippen LogP contribution >= 0.6 is 11.8 Å². The molecule has 0 saturated carbocycles. The molecule has 0 amide bonds. The third kappa shape index (κ3) is 4.39. The average Bonchev–Trinajstić information content (AvgIpc) is 2.34. The monoisotopic (exact) mass is 237 g/mol. The highest BCUT2D eigenvalue weighted by Crippen LogP contribution is 2.18. The lowest BCUT2D eigenvalue weighted by Crippen LogP contribution is -3.05. The summed E-state index contributed by atoms with van der Waals surface area (Å²) in [6, 6.07) is 10.2. The van der Waals surface area contributed by atoms with E-state index in [1.807, 2.05) is 31.2 Å². The Balaban J connectivity index is 2.54. The number of hydroxylamine groups is 2. The third-order valence-corrected chi connectivity index (χ3v) is 3.33. The fourth-order valence-electron chi connectivity index (χ4n) is 1.40. The predicted octanol–water partition coefficient (Wildman–Crippen LogP) is 2.48. The fraction of sp³-hybridized carbons (Fsp3) is 0.385. The van der Waals surface area contributed by atoms with Crippen LogP contribution in [0.25, 0.3) is 0 Å². The Morgan fingerprint density at radius 2 is 2.00 bits per heavy atom. The summed E-state index contributed by atoms with van der Waals surface area (Å²) in [5.41, 5.74) is 0.957. The molecule has 1 unspecified atom stereocenters. The summed E-state index contributed by atoms with van der Waals surface area (Å²) < 4.78 is 0. The molecule has 3 heteroatoms. The standard InChI is InChI=1S/C13H19NOS/c1-3-8-12(14(15)4-2)11-16-13-9-6-5-7-10-13/h5-10,14H,3-4,11H2,1-2H3. The van der Waals surface area contributed by atoms with Gasteiger partial charge in [0, 0.05) is 4.90 Å². The van der Waals surface area contributed by atoms with E-state index < -0.39 is 0 Å². The van der Waals surface area contributed by atoms with E-state index in [1.54, 1.807) is 11.8 Å². The molecular weight excluding hydrogens is 218 g/mol. The molecule has 1 N–H and O–H groups in total. The molecule has 1 atom stereocenters. The summed E-state index contributed by atoms with van der Waals surface area (Å²) in [6.07, 6.45) is 2.97. The van der Waals surface area contributed by atoms with Crippen molar-refractivity contribution in [2.45, 2.75) is 25.2 Å². The van der Waals surface area contributed by atoms with E-state index in [4.69, 9.17) is 0 Å². The minimum Gasteiger partial charge on any atom is -0.629 e. The summed E-state index contributed by atoms with van der Waals surface area (Å²) in [7, 11) is 0. The highest BCUT2D eigenvalue weighted by molar-refractivity contribution is 7.99. The topological polar surface area (TPSA) is 27.5 Å². The van der Waals surface area contributed by atoms with Crippen LogP contribution in [0, 0.1) is 5.21 Å². The molecule has 16 heavy (non-hydrogen) atoms. The van der Waals surface area contributed by atoms with E-state index >= 15 is 0 Å². The molecule has 0 fully saturated rings. The Kier molecular flexibility index (Phi) is 6.23. The number of quaternary nitrogens is 1. The molecule has 1 rings (SSSR count). The van der Waals surface area contributed by atoms with Crippen molar-refractivity contribution in [3.8, 4) is 0 Å². The van der Waals surface area contributed by atoms with Crippen LogP contribution in [0.5, 0.6) is 0 Å². The molecule has 88 valence electrons. The maximum Gasteiger partial charge on any atom is 0.113 e. The Labute approximate surface area is 102 Å². The Bertz CT molecular complexity index is 324. The lowest BCUT2D eigenvalue weighted by atomic mass is 10.3. The van der Waals surface area contributed by atoms with Crippen molar-refractivity contribution in [1.29, 1.82) is 0 Å². The van der Waals surface area contributed by atoms with Gasteiger partial charge in [-0.15, -0.1) is 11.8 Å². The lowest BCUT2D eigenvalue weighted by molar-refractivity contribution is -0.803. The maximum absolute atomic E-state index is 11.6. The smallest absolute Gasteiger partial charge is 0.113 e. The highest BCUT2D eigenvalue weighted by atomic mass is 32.2. The average molecular weight is 237 g/mol. The first-order valence-corrected chi connectivity index (χ1v) is 6.66. The normalized spacial score (nSPS) is 13.8. The van der Waals surface area contributed by atoms with E-state index in [1.165, 1.54) is 4.90 Å². The van der Waals surface area contributed by atoms with Crippen molar-refractivity contribution in [2.24, 2.45) is 0 Å². The molecule has 1 aromatic rings. The first-order valence-electron chi connectivity index (χ1n) is 5.68. The van der Waals surface area contributed by atoms with Gasteiger partial charge >= 0.3 is 0 Å². The minimum absolute atomic E-state index is 0.269. The first-order chi connectivity index (χ1) is 7.77. The van der Waals surface area contributed by atoms with Gasteiger partial charge in [0.2, 0.25) is 0 Å². The molecule has 0 radical (unpaired) electrons. The Morgan fingerprint density at radius 1 is 1.31 bits per heavy atom. The zero-order valence-corrected chi connectivity index (χ0v) is 10.7. The number of hydrogen-bond donors (Lipinski definition) is 1. The van der Waals surface area contributed by atoms with Crippen LogP contribution in [0.4, 0.5) is 0 Å². The van der Waals surface area contributed by atoms with Crippen LogP contribution in [0.1, 0.15) is 20.3 Å². The third-order valence-electron chi connectivity index (χ3n) is 2.27. The molecule has 0 aromatic heterocycles. The van der Waals surface area contributed by atoms with Gasteiger partial charge in [0.1, 0.15) is 5.70 Å². The van der Waals surface area contributed by atoms with Gasteiger partial charge < -0.3 is 10.3 Å². The molecule has 0 bridgehead atoms. The Morgan fingerprint density at radius 3 is 2.56 bits per heavy atom. The molecule has 0 aliphatic carbocycles. The van der Waals surface area contributed by atoms with E-state index in [0.717, 1.165) is 17.9 Å². The zero-order chi connectivity index (χ0) is 11.8. The predicted molar refractivity (Wildman–Crippen MR) is 70.4 cm³/mol. The second-order valence-corrected chi connectivity index (χ2v) is 4.56. The molecule has 0 aliphatic heterocycles. The quantitative estimate of drug-likeness (QED) is 0.608. The fourth-order valence-corrected chi connectivity index (χ4v) is 2.36. The van der Waals surface area contributed by atoms with Crippen LogP contribution < -0.4 is 5.06 Å². The van der Waals surface area contributed by atoms with Gasteiger partial charge in [-0.2, -0.15) is 0 Å². The highest BCUT2D eigenvalue weighted by Gasteiger charge is 2.05. The lowest BCUT2D eigenvalue weighted by Gasteiger charge is -2.22. The van der Waals surface area contributed by atoms with Crippen LogP contribution in [0.15, 0.2) is 47.0 Å².